The van der Waals surface area contributed by atoms with E-state index in [4.69, 9.17) is 11.5 Å². The molecule has 5 nitrogen and oxygen atoms in total. The highest BCUT2D eigenvalue weighted by Crippen LogP contribution is 2.12. The van der Waals surface area contributed by atoms with E-state index in [1.807, 2.05) is 19.9 Å². The van der Waals surface area contributed by atoms with Crippen LogP contribution >= 0.6 is 0 Å². The van der Waals surface area contributed by atoms with Crippen LogP contribution in [0.3, 0.4) is 0 Å². The molecule has 0 saturated carbocycles. The number of amides is 1. The van der Waals surface area contributed by atoms with Gasteiger partial charge in [-0.05, 0) is 19.4 Å². The van der Waals surface area contributed by atoms with Gasteiger partial charge in [0, 0.05) is 0 Å². The average molecular weight is 270 g/mol. The Morgan fingerprint density at radius 1 is 1.22 bits per heavy atom. The second kappa shape index (κ2) is 5.49. The van der Waals surface area contributed by atoms with Crippen LogP contribution in [0.2, 0.25) is 0 Å². The number of sulfone groups is 1. The van der Waals surface area contributed by atoms with E-state index in [9.17, 15) is 13.2 Å². The van der Waals surface area contributed by atoms with Gasteiger partial charge in [-0.2, -0.15) is 0 Å². The smallest absolute Gasteiger partial charge is 0.235 e. The summed E-state index contributed by atoms with van der Waals surface area (Å²) in [7, 11) is -3.44. The van der Waals surface area contributed by atoms with Gasteiger partial charge in [-0.1, -0.05) is 29.3 Å². The quantitative estimate of drug-likeness (QED) is 0.787. The van der Waals surface area contributed by atoms with Gasteiger partial charge in [-0.3, -0.25) is 4.79 Å². The molecular weight excluding hydrogens is 252 g/mol. The molecule has 1 unspecified atom stereocenters. The topological polar surface area (TPSA) is 103 Å². The maximum absolute atomic E-state index is 11.8. The average Bonchev–Trinajstić information content (AvgIpc) is 2.13. The van der Waals surface area contributed by atoms with E-state index in [-0.39, 0.29) is 5.75 Å². The Morgan fingerprint density at radius 2 is 1.72 bits per heavy atom. The predicted octanol–water partition coefficient (Wildman–Crippen LogP) is 0.0308. The van der Waals surface area contributed by atoms with Crippen molar-refractivity contribution in [2.45, 2.75) is 25.6 Å². The van der Waals surface area contributed by atoms with Crippen LogP contribution in [0.5, 0.6) is 0 Å². The van der Waals surface area contributed by atoms with E-state index in [0.29, 0.717) is 5.56 Å². The zero-order valence-corrected chi connectivity index (χ0v) is 11.3. The van der Waals surface area contributed by atoms with Crippen molar-refractivity contribution in [1.82, 2.24) is 0 Å². The lowest BCUT2D eigenvalue weighted by atomic mass is 10.1. The predicted molar refractivity (Wildman–Crippen MR) is 70.6 cm³/mol. The third-order valence-corrected chi connectivity index (χ3v) is 4.11. The van der Waals surface area contributed by atoms with Crippen molar-refractivity contribution in [3.05, 3.63) is 34.9 Å². The molecule has 100 valence electrons. The Hall–Kier alpha value is -1.40. The number of hydrogen-bond acceptors (Lipinski definition) is 4. The van der Waals surface area contributed by atoms with Gasteiger partial charge in [0.25, 0.3) is 0 Å². The van der Waals surface area contributed by atoms with E-state index >= 15 is 0 Å². The number of nitrogens with two attached hydrogens (primary N) is 2. The highest BCUT2D eigenvalue weighted by Gasteiger charge is 2.20. The number of hydrogen-bond donors (Lipinski definition) is 2. The van der Waals surface area contributed by atoms with E-state index in [1.54, 1.807) is 12.1 Å². The first kappa shape index (κ1) is 14.7. The monoisotopic (exact) mass is 270 g/mol. The fraction of sp³-hybridized carbons (Fsp3) is 0.417. The van der Waals surface area contributed by atoms with Gasteiger partial charge in [-0.25, -0.2) is 8.42 Å². The summed E-state index contributed by atoms with van der Waals surface area (Å²) in [5.41, 5.74) is 13.0. The lowest BCUT2D eigenvalue weighted by Crippen LogP contribution is -2.42. The molecule has 0 aliphatic carbocycles. The van der Waals surface area contributed by atoms with Crippen molar-refractivity contribution in [2.24, 2.45) is 11.5 Å². The first-order valence-corrected chi connectivity index (χ1v) is 7.34. The van der Waals surface area contributed by atoms with Crippen molar-refractivity contribution < 1.29 is 13.2 Å². The Morgan fingerprint density at radius 3 is 2.17 bits per heavy atom. The Kier molecular flexibility index (Phi) is 4.48. The molecule has 0 spiro atoms. The van der Waals surface area contributed by atoms with Gasteiger partial charge in [0.1, 0.15) is 0 Å². The number of aryl methyl sites for hydroxylation is 2. The van der Waals surface area contributed by atoms with Gasteiger partial charge in [0.05, 0.1) is 17.5 Å². The van der Waals surface area contributed by atoms with Crippen LogP contribution in [0.1, 0.15) is 16.7 Å². The van der Waals surface area contributed by atoms with Crippen molar-refractivity contribution in [3.63, 3.8) is 0 Å². The number of carbonyl (C=O) groups excluding carboxylic acids is 1. The summed E-state index contributed by atoms with van der Waals surface area (Å²) in [6, 6.07) is 4.42. The van der Waals surface area contributed by atoms with Crippen LogP contribution in [-0.4, -0.2) is 26.1 Å². The van der Waals surface area contributed by atoms with Crippen molar-refractivity contribution in [1.29, 1.82) is 0 Å². The molecule has 0 saturated heterocycles. The fourth-order valence-corrected chi connectivity index (χ4v) is 3.32. The minimum Gasteiger partial charge on any atom is -0.368 e. The molecule has 0 aliphatic rings. The molecule has 18 heavy (non-hydrogen) atoms. The zero-order valence-electron chi connectivity index (χ0n) is 10.5. The Labute approximate surface area is 107 Å². The first-order chi connectivity index (χ1) is 8.19. The van der Waals surface area contributed by atoms with Crippen LogP contribution in [-0.2, 0) is 20.4 Å². The number of benzene rings is 1. The third-order valence-electron chi connectivity index (χ3n) is 2.47. The van der Waals surface area contributed by atoms with Crippen molar-refractivity contribution in [3.8, 4) is 0 Å². The highest BCUT2D eigenvalue weighted by atomic mass is 32.2. The zero-order chi connectivity index (χ0) is 13.9. The number of primary amides is 1. The molecule has 0 aromatic heterocycles. The summed E-state index contributed by atoms with van der Waals surface area (Å²) in [5, 5.41) is 0. The summed E-state index contributed by atoms with van der Waals surface area (Å²) in [4.78, 5) is 10.8. The van der Waals surface area contributed by atoms with Crippen molar-refractivity contribution in [2.75, 3.05) is 5.75 Å². The highest BCUT2D eigenvalue weighted by molar-refractivity contribution is 7.90. The van der Waals surface area contributed by atoms with Gasteiger partial charge >= 0.3 is 0 Å². The molecule has 1 amide bonds. The molecule has 4 N–H and O–H groups in total. The SMILES string of the molecule is Cc1cc(C)cc(CS(=O)(=O)CC(N)C(N)=O)c1. The van der Waals surface area contributed by atoms with E-state index in [1.165, 1.54) is 0 Å². The van der Waals surface area contributed by atoms with Crippen LogP contribution in [0.15, 0.2) is 18.2 Å². The minimum atomic E-state index is -3.44. The first-order valence-electron chi connectivity index (χ1n) is 5.52. The fourth-order valence-electron chi connectivity index (χ4n) is 1.82. The third kappa shape index (κ3) is 4.46. The number of rotatable bonds is 5. The molecule has 6 heteroatoms. The summed E-state index contributed by atoms with van der Waals surface area (Å²) in [6.07, 6.45) is 0. The molecule has 1 rings (SSSR count). The van der Waals surface area contributed by atoms with Gasteiger partial charge in [-0.15, -0.1) is 0 Å². The van der Waals surface area contributed by atoms with E-state index < -0.39 is 27.5 Å². The molecule has 1 aromatic rings. The summed E-state index contributed by atoms with van der Waals surface area (Å²) < 4.78 is 23.7. The second-order valence-corrected chi connectivity index (χ2v) is 6.67. The summed E-state index contributed by atoms with van der Waals surface area (Å²) in [6.45, 7) is 3.80. The largest absolute Gasteiger partial charge is 0.368 e. The van der Waals surface area contributed by atoms with Crippen LogP contribution in [0.25, 0.3) is 0 Å². The van der Waals surface area contributed by atoms with Gasteiger partial charge in [0.15, 0.2) is 9.84 Å². The maximum Gasteiger partial charge on any atom is 0.235 e. The van der Waals surface area contributed by atoms with Crippen molar-refractivity contribution >= 4 is 15.7 Å². The molecule has 0 radical (unpaired) electrons. The van der Waals surface area contributed by atoms with Crippen LogP contribution < -0.4 is 11.5 Å². The van der Waals surface area contributed by atoms with Gasteiger partial charge < -0.3 is 11.5 Å². The molecule has 0 aliphatic heterocycles. The normalized spacial score (nSPS) is 13.3. The lowest BCUT2D eigenvalue weighted by Gasteiger charge is -2.09. The second-order valence-electron chi connectivity index (χ2n) is 4.56. The minimum absolute atomic E-state index is 0.128. The Balaban J connectivity index is 2.85. The Bertz CT molecular complexity index is 532. The summed E-state index contributed by atoms with van der Waals surface area (Å²) in [5.74, 6) is -1.36. The van der Waals surface area contributed by atoms with E-state index in [0.717, 1.165) is 11.1 Å². The van der Waals surface area contributed by atoms with Gasteiger partial charge in [0.2, 0.25) is 5.91 Å². The summed E-state index contributed by atoms with van der Waals surface area (Å²) >= 11 is 0. The molecule has 0 bridgehead atoms. The maximum atomic E-state index is 11.8. The molecule has 0 fully saturated rings. The molecule has 0 heterocycles. The molecule has 1 atom stereocenters. The molecule has 1 aromatic carbocycles. The van der Waals surface area contributed by atoms with Crippen LogP contribution in [0, 0.1) is 13.8 Å². The number of carbonyl (C=O) groups is 1. The molecular formula is C12H18N2O3S. The lowest BCUT2D eigenvalue weighted by molar-refractivity contribution is -0.118. The standard InChI is InChI=1S/C12H18N2O3S/c1-8-3-9(2)5-10(4-8)6-18(16,17)7-11(13)12(14)15/h3-5,11H,6-7,13H2,1-2H3,(H2,14,15). The van der Waals surface area contributed by atoms with Crippen LogP contribution in [0.4, 0.5) is 0 Å². The van der Waals surface area contributed by atoms with E-state index in [2.05, 4.69) is 0 Å².